The number of phenolic OH excluding ortho intramolecular Hbond substituents is 2. The zero-order chi connectivity index (χ0) is 15.4. The number of amides is 1. The van der Waals surface area contributed by atoms with Crippen LogP contribution >= 0.6 is 0 Å². The number of nitriles is 1. The van der Waals surface area contributed by atoms with E-state index in [0.29, 0.717) is 26.2 Å². The van der Waals surface area contributed by atoms with Gasteiger partial charge in [0.25, 0.3) is 5.91 Å². The zero-order valence-corrected chi connectivity index (χ0v) is 12.0. The fraction of sp³-hybridized carbons (Fsp3) is 0.467. The first-order valence-corrected chi connectivity index (χ1v) is 7.01. The highest BCUT2D eigenvalue weighted by Crippen LogP contribution is 2.24. The minimum Gasteiger partial charge on any atom is -0.508 e. The van der Waals surface area contributed by atoms with E-state index in [-0.39, 0.29) is 29.0 Å². The molecule has 0 bridgehead atoms. The summed E-state index contributed by atoms with van der Waals surface area (Å²) in [5, 5.41) is 28.1. The predicted molar refractivity (Wildman–Crippen MR) is 76.9 cm³/mol. The van der Waals surface area contributed by atoms with Crippen LogP contribution < -0.4 is 0 Å². The lowest BCUT2D eigenvalue weighted by Gasteiger charge is -2.36. The van der Waals surface area contributed by atoms with Crippen LogP contribution in [0.3, 0.4) is 0 Å². The van der Waals surface area contributed by atoms with Crippen LogP contribution in [0.5, 0.6) is 11.5 Å². The Balaban J connectivity index is 2.02. The van der Waals surface area contributed by atoms with Gasteiger partial charge in [0.05, 0.1) is 17.7 Å². The summed E-state index contributed by atoms with van der Waals surface area (Å²) in [7, 11) is 0. The molecule has 1 atom stereocenters. The Kier molecular flexibility index (Phi) is 4.66. The first kappa shape index (κ1) is 15.1. The van der Waals surface area contributed by atoms with Gasteiger partial charge in [0.2, 0.25) is 0 Å². The number of nitrogens with zero attached hydrogens (tertiary/aromatic N) is 3. The van der Waals surface area contributed by atoms with E-state index in [1.807, 2.05) is 6.92 Å². The van der Waals surface area contributed by atoms with E-state index in [4.69, 9.17) is 5.26 Å². The summed E-state index contributed by atoms with van der Waals surface area (Å²) in [4.78, 5) is 16.1. The average Bonchev–Trinajstić information content (AvgIpc) is 2.48. The maximum absolute atomic E-state index is 12.3. The zero-order valence-electron chi connectivity index (χ0n) is 12.0. The van der Waals surface area contributed by atoms with E-state index in [9.17, 15) is 15.0 Å². The summed E-state index contributed by atoms with van der Waals surface area (Å²) in [5.41, 5.74) is 0.188. The largest absolute Gasteiger partial charge is 0.508 e. The van der Waals surface area contributed by atoms with Crippen LogP contribution in [0.4, 0.5) is 0 Å². The summed E-state index contributed by atoms with van der Waals surface area (Å²) in [6.45, 7) is 4.32. The molecule has 2 rings (SSSR count). The molecule has 0 aromatic heterocycles. The lowest BCUT2D eigenvalue weighted by atomic mass is 10.1. The van der Waals surface area contributed by atoms with Crippen LogP contribution in [0.2, 0.25) is 0 Å². The number of piperazine rings is 1. The third-order valence-electron chi connectivity index (χ3n) is 3.79. The molecule has 1 aromatic carbocycles. The summed E-state index contributed by atoms with van der Waals surface area (Å²) >= 11 is 0. The predicted octanol–water partition coefficient (Wildman–Crippen LogP) is 1.16. The first-order valence-electron chi connectivity index (χ1n) is 7.01. The fourth-order valence-corrected chi connectivity index (χ4v) is 2.54. The van der Waals surface area contributed by atoms with E-state index >= 15 is 0 Å². The molecule has 1 aliphatic heterocycles. The first-order chi connectivity index (χ1) is 10.1. The van der Waals surface area contributed by atoms with Gasteiger partial charge >= 0.3 is 0 Å². The van der Waals surface area contributed by atoms with Gasteiger partial charge in [-0.25, -0.2) is 0 Å². The number of phenols is 2. The van der Waals surface area contributed by atoms with Gasteiger partial charge in [-0.05, 0) is 18.6 Å². The minimum absolute atomic E-state index is 0.0753. The van der Waals surface area contributed by atoms with Gasteiger partial charge in [0, 0.05) is 32.2 Å². The summed E-state index contributed by atoms with van der Waals surface area (Å²) in [5.74, 6) is -0.545. The molecule has 21 heavy (non-hydrogen) atoms. The second kappa shape index (κ2) is 6.46. The standard InChI is InChI=1S/C15H19N3O3/c1-2-11(10-16)17-5-7-18(8-6-17)15(21)13-4-3-12(19)9-14(13)20/h3-4,9,11,19-20H,2,5-8H2,1H3. The van der Waals surface area contributed by atoms with Crippen molar-refractivity contribution in [1.29, 1.82) is 5.26 Å². The molecule has 6 heteroatoms. The molecule has 1 aliphatic rings. The topological polar surface area (TPSA) is 87.8 Å². The number of hydrogen-bond acceptors (Lipinski definition) is 5. The fourth-order valence-electron chi connectivity index (χ4n) is 2.54. The molecule has 0 radical (unpaired) electrons. The second-order valence-corrected chi connectivity index (χ2v) is 5.08. The summed E-state index contributed by atoms with van der Waals surface area (Å²) in [6, 6.07) is 6.12. The van der Waals surface area contributed by atoms with Gasteiger partial charge in [-0.1, -0.05) is 6.92 Å². The third kappa shape index (κ3) is 3.26. The number of benzene rings is 1. The number of aromatic hydroxyl groups is 2. The number of carbonyl (C=O) groups is 1. The molecular formula is C15H19N3O3. The molecule has 2 N–H and O–H groups in total. The van der Waals surface area contributed by atoms with Crippen molar-refractivity contribution in [2.24, 2.45) is 0 Å². The van der Waals surface area contributed by atoms with Crippen molar-refractivity contribution in [3.63, 3.8) is 0 Å². The molecule has 6 nitrogen and oxygen atoms in total. The number of rotatable bonds is 3. The Morgan fingerprint density at radius 2 is 2.00 bits per heavy atom. The molecule has 0 aliphatic carbocycles. The Morgan fingerprint density at radius 1 is 1.33 bits per heavy atom. The van der Waals surface area contributed by atoms with Crippen LogP contribution in [0.25, 0.3) is 0 Å². The highest BCUT2D eigenvalue weighted by molar-refractivity contribution is 5.97. The number of hydrogen-bond donors (Lipinski definition) is 2. The molecule has 112 valence electrons. The van der Waals surface area contributed by atoms with E-state index in [0.717, 1.165) is 12.5 Å². The van der Waals surface area contributed by atoms with Crippen LogP contribution in [0, 0.1) is 11.3 Å². The summed E-state index contributed by atoms with van der Waals surface area (Å²) < 4.78 is 0. The van der Waals surface area contributed by atoms with Gasteiger partial charge in [0.15, 0.2) is 0 Å². The molecule has 0 spiro atoms. The van der Waals surface area contributed by atoms with Gasteiger partial charge in [0.1, 0.15) is 11.5 Å². The Hall–Kier alpha value is -2.26. The maximum atomic E-state index is 12.3. The Bertz CT molecular complexity index is 560. The van der Waals surface area contributed by atoms with E-state index in [2.05, 4.69) is 11.0 Å². The molecule has 1 heterocycles. The van der Waals surface area contributed by atoms with Crippen LogP contribution in [-0.2, 0) is 0 Å². The lowest BCUT2D eigenvalue weighted by Crippen LogP contribution is -2.51. The molecule has 1 aromatic rings. The molecule has 1 unspecified atom stereocenters. The Labute approximate surface area is 123 Å². The minimum atomic E-state index is -0.253. The van der Waals surface area contributed by atoms with E-state index in [1.54, 1.807) is 4.90 Å². The van der Waals surface area contributed by atoms with Gasteiger partial charge in [-0.2, -0.15) is 5.26 Å². The monoisotopic (exact) mass is 289 g/mol. The highest BCUT2D eigenvalue weighted by atomic mass is 16.3. The Morgan fingerprint density at radius 3 is 2.52 bits per heavy atom. The molecule has 1 fully saturated rings. The van der Waals surface area contributed by atoms with Crippen molar-refractivity contribution < 1.29 is 15.0 Å². The highest BCUT2D eigenvalue weighted by Gasteiger charge is 2.26. The molecule has 1 amide bonds. The SMILES string of the molecule is CCC(C#N)N1CCN(C(=O)c2ccc(O)cc2O)CC1. The van der Waals surface area contributed by atoms with Crippen molar-refractivity contribution >= 4 is 5.91 Å². The normalized spacial score (nSPS) is 17.2. The average molecular weight is 289 g/mol. The molecule has 1 saturated heterocycles. The van der Waals surface area contributed by atoms with Gasteiger partial charge < -0.3 is 15.1 Å². The van der Waals surface area contributed by atoms with Crippen LogP contribution in [-0.4, -0.2) is 58.1 Å². The van der Waals surface area contributed by atoms with Crippen molar-refractivity contribution in [1.82, 2.24) is 9.80 Å². The lowest BCUT2D eigenvalue weighted by molar-refractivity contribution is 0.0602. The maximum Gasteiger partial charge on any atom is 0.257 e. The van der Waals surface area contributed by atoms with Crippen molar-refractivity contribution in [3.05, 3.63) is 23.8 Å². The third-order valence-corrected chi connectivity index (χ3v) is 3.79. The van der Waals surface area contributed by atoms with Gasteiger partial charge in [-0.15, -0.1) is 0 Å². The molecule has 0 saturated carbocycles. The van der Waals surface area contributed by atoms with E-state index in [1.165, 1.54) is 12.1 Å². The second-order valence-electron chi connectivity index (χ2n) is 5.08. The van der Waals surface area contributed by atoms with Crippen molar-refractivity contribution in [2.45, 2.75) is 19.4 Å². The smallest absolute Gasteiger partial charge is 0.257 e. The van der Waals surface area contributed by atoms with E-state index < -0.39 is 0 Å². The summed E-state index contributed by atoms with van der Waals surface area (Å²) in [6.07, 6.45) is 0.767. The number of carbonyl (C=O) groups excluding carboxylic acids is 1. The van der Waals surface area contributed by atoms with Crippen LogP contribution in [0.15, 0.2) is 18.2 Å². The van der Waals surface area contributed by atoms with Gasteiger partial charge in [-0.3, -0.25) is 9.69 Å². The van der Waals surface area contributed by atoms with Crippen molar-refractivity contribution in [3.8, 4) is 17.6 Å². The van der Waals surface area contributed by atoms with Crippen LogP contribution in [0.1, 0.15) is 23.7 Å². The quantitative estimate of drug-likeness (QED) is 0.871. The molecular weight excluding hydrogens is 270 g/mol. The van der Waals surface area contributed by atoms with Crippen molar-refractivity contribution in [2.75, 3.05) is 26.2 Å².